The van der Waals surface area contributed by atoms with E-state index < -0.39 is 17.5 Å². The predicted molar refractivity (Wildman–Crippen MR) is 73.5 cm³/mol. The van der Waals surface area contributed by atoms with Crippen LogP contribution in [0.15, 0.2) is 40.9 Å². The van der Waals surface area contributed by atoms with Crippen LogP contribution in [-0.2, 0) is 0 Å². The summed E-state index contributed by atoms with van der Waals surface area (Å²) in [6.07, 6.45) is 0. The first-order valence-electron chi connectivity index (χ1n) is 5.19. The molecule has 2 aromatic rings. The molecule has 0 aliphatic carbocycles. The van der Waals surface area contributed by atoms with Crippen LogP contribution in [-0.4, -0.2) is 5.91 Å². The molecule has 0 fully saturated rings. The van der Waals surface area contributed by atoms with Gasteiger partial charge in [-0.05, 0) is 36.4 Å². The maximum absolute atomic E-state index is 13.4. The number of carbonyl (C=O) groups is 1. The van der Waals surface area contributed by atoms with Crippen LogP contribution in [0, 0.1) is 11.6 Å². The molecular formula is C13H7BrClF2NO. The number of halogens is 4. The first-order valence-corrected chi connectivity index (χ1v) is 6.36. The van der Waals surface area contributed by atoms with Crippen LogP contribution >= 0.6 is 27.5 Å². The molecule has 2 rings (SSSR count). The Morgan fingerprint density at radius 3 is 2.58 bits per heavy atom. The van der Waals surface area contributed by atoms with E-state index in [1.54, 1.807) is 18.2 Å². The molecule has 0 heterocycles. The largest absolute Gasteiger partial charge is 0.321 e. The highest BCUT2D eigenvalue weighted by Gasteiger charge is 2.14. The van der Waals surface area contributed by atoms with Crippen LogP contribution in [0.2, 0.25) is 5.02 Å². The number of carbonyl (C=O) groups excluding carboxylic acids is 1. The smallest absolute Gasteiger partial charge is 0.258 e. The van der Waals surface area contributed by atoms with Gasteiger partial charge < -0.3 is 5.32 Å². The summed E-state index contributed by atoms with van der Waals surface area (Å²) >= 11 is 9.14. The molecule has 0 unspecified atom stereocenters. The van der Waals surface area contributed by atoms with Gasteiger partial charge in [-0.15, -0.1) is 0 Å². The van der Waals surface area contributed by atoms with Gasteiger partial charge in [-0.1, -0.05) is 27.5 Å². The Bertz CT molecular complexity index is 649. The summed E-state index contributed by atoms with van der Waals surface area (Å²) < 4.78 is 27.2. The summed E-state index contributed by atoms with van der Waals surface area (Å²) in [4.78, 5) is 11.8. The molecule has 1 amide bonds. The lowest BCUT2D eigenvalue weighted by Crippen LogP contribution is -2.14. The van der Waals surface area contributed by atoms with Crippen molar-refractivity contribution in [3.63, 3.8) is 0 Å². The molecular weight excluding hydrogens is 340 g/mol. The Morgan fingerprint density at radius 1 is 1.16 bits per heavy atom. The van der Waals surface area contributed by atoms with E-state index in [4.69, 9.17) is 11.6 Å². The quantitative estimate of drug-likeness (QED) is 0.844. The highest BCUT2D eigenvalue weighted by Crippen LogP contribution is 2.26. The Labute approximate surface area is 121 Å². The molecule has 0 bridgehead atoms. The lowest BCUT2D eigenvalue weighted by atomic mass is 10.2. The van der Waals surface area contributed by atoms with Crippen molar-refractivity contribution in [2.75, 3.05) is 5.32 Å². The SMILES string of the molecule is O=C(Nc1ccc(Br)cc1Cl)c1cc(F)ccc1F. The maximum Gasteiger partial charge on any atom is 0.258 e. The third-order valence-corrected chi connectivity index (χ3v) is 3.16. The number of hydrogen-bond acceptors (Lipinski definition) is 1. The number of nitrogens with one attached hydrogen (secondary N) is 1. The zero-order chi connectivity index (χ0) is 14.0. The number of anilines is 1. The molecule has 98 valence electrons. The van der Waals surface area contributed by atoms with Crippen LogP contribution in [0.1, 0.15) is 10.4 Å². The fourth-order valence-electron chi connectivity index (χ4n) is 1.45. The Kier molecular flexibility index (Phi) is 4.17. The van der Waals surface area contributed by atoms with Gasteiger partial charge in [-0.25, -0.2) is 8.78 Å². The van der Waals surface area contributed by atoms with E-state index in [9.17, 15) is 13.6 Å². The van der Waals surface area contributed by atoms with Crippen molar-refractivity contribution in [2.45, 2.75) is 0 Å². The van der Waals surface area contributed by atoms with Crippen LogP contribution in [0.5, 0.6) is 0 Å². The summed E-state index contributed by atoms with van der Waals surface area (Å²) in [6, 6.07) is 7.48. The number of benzene rings is 2. The average Bonchev–Trinajstić information content (AvgIpc) is 2.35. The fraction of sp³-hybridized carbons (Fsp3) is 0. The number of rotatable bonds is 2. The van der Waals surface area contributed by atoms with Crippen molar-refractivity contribution < 1.29 is 13.6 Å². The molecule has 19 heavy (non-hydrogen) atoms. The average molecular weight is 347 g/mol. The Hall–Kier alpha value is -1.46. The van der Waals surface area contributed by atoms with Crippen LogP contribution in [0.25, 0.3) is 0 Å². The van der Waals surface area contributed by atoms with Crippen LogP contribution in [0.4, 0.5) is 14.5 Å². The maximum atomic E-state index is 13.4. The van der Waals surface area contributed by atoms with Gasteiger partial charge in [0.2, 0.25) is 0 Å². The van der Waals surface area contributed by atoms with Crippen molar-refractivity contribution in [1.29, 1.82) is 0 Å². The van der Waals surface area contributed by atoms with Crippen molar-refractivity contribution in [1.82, 2.24) is 0 Å². The second kappa shape index (κ2) is 5.67. The lowest BCUT2D eigenvalue weighted by molar-refractivity contribution is 0.102. The van der Waals surface area contributed by atoms with Crippen molar-refractivity contribution >= 4 is 39.1 Å². The molecule has 6 heteroatoms. The van der Waals surface area contributed by atoms with Crippen LogP contribution in [0.3, 0.4) is 0 Å². The highest BCUT2D eigenvalue weighted by molar-refractivity contribution is 9.10. The predicted octanol–water partition coefficient (Wildman–Crippen LogP) is 4.63. The van der Waals surface area contributed by atoms with Crippen molar-refractivity contribution in [3.8, 4) is 0 Å². The molecule has 0 spiro atoms. The summed E-state index contributed by atoms with van der Waals surface area (Å²) in [6.45, 7) is 0. The molecule has 0 aromatic heterocycles. The second-order valence-corrected chi connectivity index (χ2v) is 5.03. The third-order valence-electron chi connectivity index (χ3n) is 2.35. The van der Waals surface area contributed by atoms with Gasteiger partial charge in [0.05, 0.1) is 16.3 Å². The third kappa shape index (κ3) is 3.30. The molecule has 2 aromatic carbocycles. The zero-order valence-electron chi connectivity index (χ0n) is 9.38. The summed E-state index contributed by atoms with van der Waals surface area (Å²) in [5, 5.41) is 2.71. The van der Waals surface area contributed by atoms with E-state index >= 15 is 0 Å². The second-order valence-electron chi connectivity index (χ2n) is 3.70. The van der Waals surface area contributed by atoms with Crippen molar-refractivity contribution in [2.24, 2.45) is 0 Å². The standard InChI is InChI=1S/C13H7BrClF2NO/c14-7-1-4-12(10(15)5-7)18-13(19)9-6-8(16)2-3-11(9)17/h1-6H,(H,18,19). The zero-order valence-corrected chi connectivity index (χ0v) is 11.7. The fourth-order valence-corrected chi connectivity index (χ4v) is 2.17. The highest BCUT2D eigenvalue weighted by atomic mass is 79.9. The molecule has 2 nitrogen and oxygen atoms in total. The van der Waals surface area contributed by atoms with Gasteiger partial charge >= 0.3 is 0 Å². The molecule has 0 aliphatic heterocycles. The Balaban J connectivity index is 2.28. The normalized spacial score (nSPS) is 10.3. The van der Waals surface area contributed by atoms with Gasteiger partial charge in [-0.2, -0.15) is 0 Å². The van der Waals surface area contributed by atoms with E-state index in [0.29, 0.717) is 10.7 Å². The van der Waals surface area contributed by atoms with Gasteiger partial charge in [0.1, 0.15) is 11.6 Å². The lowest BCUT2D eigenvalue weighted by Gasteiger charge is -2.08. The Morgan fingerprint density at radius 2 is 1.89 bits per heavy atom. The first-order chi connectivity index (χ1) is 8.97. The summed E-state index contributed by atoms with van der Waals surface area (Å²) in [5.74, 6) is -2.25. The van der Waals surface area contributed by atoms with Gasteiger partial charge in [0, 0.05) is 4.47 Å². The van der Waals surface area contributed by atoms with Crippen LogP contribution < -0.4 is 5.32 Å². The minimum absolute atomic E-state index is 0.291. The minimum atomic E-state index is -0.799. The van der Waals surface area contributed by atoms with E-state index in [2.05, 4.69) is 21.2 Å². The number of hydrogen-bond donors (Lipinski definition) is 1. The monoisotopic (exact) mass is 345 g/mol. The molecule has 1 N–H and O–H groups in total. The van der Waals surface area contributed by atoms with Gasteiger partial charge in [0.25, 0.3) is 5.91 Å². The topological polar surface area (TPSA) is 29.1 Å². The molecule has 0 aliphatic rings. The molecule has 0 radical (unpaired) electrons. The molecule has 0 atom stereocenters. The van der Waals surface area contributed by atoms with E-state index in [-0.39, 0.29) is 5.56 Å². The minimum Gasteiger partial charge on any atom is -0.321 e. The van der Waals surface area contributed by atoms with Gasteiger partial charge in [-0.3, -0.25) is 4.79 Å². The van der Waals surface area contributed by atoms with E-state index in [0.717, 1.165) is 22.7 Å². The summed E-state index contributed by atoms with van der Waals surface area (Å²) in [5.41, 5.74) is -0.0579. The summed E-state index contributed by atoms with van der Waals surface area (Å²) in [7, 11) is 0. The van der Waals surface area contributed by atoms with E-state index in [1.165, 1.54) is 0 Å². The first kappa shape index (κ1) is 14.0. The molecule has 0 saturated heterocycles. The van der Waals surface area contributed by atoms with Crippen molar-refractivity contribution in [3.05, 3.63) is 63.1 Å². The number of amides is 1. The van der Waals surface area contributed by atoms with Gasteiger partial charge in [0.15, 0.2) is 0 Å². The van der Waals surface area contributed by atoms with E-state index in [1.807, 2.05) is 0 Å². The molecule has 0 saturated carbocycles.